The van der Waals surface area contributed by atoms with Crippen molar-refractivity contribution >= 4 is 34.7 Å². The number of aliphatic imine (C=N–C) groups is 1. The van der Waals surface area contributed by atoms with E-state index in [1.165, 1.54) is 29.5 Å². The Morgan fingerprint density at radius 2 is 2.27 bits per heavy atom. The average Bonchev–Trinajstić information content (AvgIpc) is 3.21. The maximum atomic E-state index is 13.7. The molecule has 0 saturated carbocycles. The van der Waals surface area contributed by atoms with Gasteiger partial charge < -0.3 is 15.2 Å². The Balaban J connectivity index is 1.81. The minimum atomic E-state index is -0.779. The summed E-state index contributed by atoms with van der Waals surface area (Å²) in [6.45, 7) is 3.33. The van der Waals surface area contributed by atoms with Crippen molar-refractivity contribution in [2.45, 2.75) is 19.1 Å². The monoisotopic (exact) mass is 450 g/mol. The summed E-state index contributed by atoms with van der Waals surface area (Å²) in [7, 11) is 0. The average molecular weight is 451 g/mol. The number of aromatic nitrogens is 1. The van der Waals surface area contributed by atoms with Gasteiger partial charge >= 0.3 is 5.97 Å². The summed E-state index contributed by atoms with van der Waals surface area (Å²) in [6, 6.07) is 3.24. The number of hydrogen-bond donors (Lipinski definition) is 2. The molecule has 1 aromatic heterocycles. The molecule has 30 heavy (non-hydrogen) atoms. The first-order chi connectivity index (χ1) is 14.5. The molecular weight excluding hydrogens is 431 g/mol. The number of aliphatic hydroxyl groups is 1. The SMILES string of the molecule is CCOC(=O)C1=C(CN2CC(O)C2)NC(c2nccs2)=NC1c1ccc(F)cc1Cl. The van der Waals surface area contributed by atoms with Gasteiger partial charge in [0.1, 0.15) is 11.9 Å². The summed E-state index contributed by atoms with van der Waals surface area (Å²) in [5.74, 6) is -0.494. The molecule has 2 aromatic rings. The zero-order valence-electron chi connectivity index (χ0n) is 16.1. The molecule has 1 atom stereocenters. The van der Waals surface area contributed by atoms with Crippen molar-refractivity contribution < 1.29 is 19.0 Å². The molecule has 2 aliphatic heterocycles. The zero-order chi connectivity index (χ0) is 21.3. The number of β-amino-alcohol motifs (C(OH)–C–C–N with tert-alkyl or cyclic N) is 1. The van der Waals surface area contributed by atoms with Gasteiger partial charge in [-0.3, -0.25) is 9.89 Å². The number of carbonyl (C=O) groups excluding carboxylic acids is 1. The van der Waals surface area contributed by atoms with Crippen molar-refractivity contribution in [3.05, 3.63) is 62.5 Å². The summed E-state index contributed by atoms with van der Waals surface area (Å²) >= 11 is 7.74. The lowest BCUT2D eigenvalue weighted by Crippen LogP contribution is -2.53. The quantitative estimate of drug-likeness (QED) is 0.658. The molecule has 3 heterocycles. The van der Waals surface area contributed by atoms with Crippen LogP contribution < -0.4 is 5.32 Å². The van der Waals surface area contributed by atoms with Crippen molar-refractivity contribution in [3.8, 4) is 0 Å². The van der Waals surface area contributed by atoms with Gasteiger partial charge in [-0.1, -0.05) is 17.7 Å². The summed E-state index contributed by atoms with van der Waals surface area (Å²) in [6.07, 6.45) is 1.29. The van der Waals surface area contributed by atoms with Crippen molar-refractivity contribution in [2.24, 2.45) is 4.99 Å². The topological polar surface area (TPSA) is 87.0 Å². The molecule has 2 aliphatic rings. The molecule has 1 unspecified atom stereocenters. The first-order valence-electron chi connectivity index (χ1n) is 9.46. The van der Waals surface area contributed by atoms with E-state index in [0.717, 1.165) is 0 Å². The van der Waals surface area contributed by atoms with Gasteiger partial charge in [-0.2, -0.15) is 0 Å². The number of thiazole rings is 1. The van der Waals surface area contributed by atoms with Gasteiger partial charge in [-0.25, -0.2) is 14.2 Å². The minimum absolute atomic E-state index is 0.171. The van der Waals surface area contributed by atoms with E-state index >= 15 is 0 Å². The van der Waals surface area contributed by atoms with Gasteiger partial charge in [0.05, 0.1) is 18.3 Å². The summed E-state index contributed by atoms with van der Waals surface area (Å²) < 4.78 is 19.0. The molecule has 7 nitrogen and oxygen atoms in total. The normalized spacial score (nSPS) is 19.9. The molecule has 0 bridgehead atoms. The number of rotatable bonds is 6. The molecule has 158 valence electrons. The highest BCUT2D eigenvalue weighted by molar-refractivity contribution is 7.11. The lowest BCUT2D eigenvalue weighted by Gasteiger charge is -2.38. The first kappa shape index (κ1) is 20.9. The van der Waals surface area contributed by atoms with E-state index in [9.17, 15) is 14.3 Å². The Morgan fingerprint density at radius 3 is 2.90 bits per heavy atom. The molecule has 1 fully saturated rings. The fourth-order valence-electron chi connectivity index (χ4n) is 3.46. The maximum Gasteiger partial charge on any atom is 0.338 e. The van der Waals surface area contributed by atoms with Crippen LogP contribution >= 0.6 is 22.9 Å². The molecule has 4 rings (SSSR count). The first-order valence-corrected chi connectivity index (χ1v) is 10.7. The van der Waals surface area contributed by atoms with Crippen LogP contribution in [0.4, 0.5) is 4.39 Å². The van der Waals surface area contributed by atoms with E-state index in [2.05, 4.69) is 10.3 Å². The highest BCUT2D eigenvalue weighted by atomic mass is 35.5. The van der Waals surface area contributed by atoms with Crippen LogP contribution in [-0.4, -0.2) is 59.1 Å². The van der Waals surface area contributed by atoms with Crippen LogP contribution in [0.3, 0.4) is 0 Å². The fraction of sp³-hybridized carbons (Fsp3) is 0.350. The molecular formula is C20H20ClFN4O3S. The number of nitrogens with zero attached hydrogens (tertiary/aromatic N) is 3. The smallest absolute Gasteiger partial charge is 0.338 e. The lowest BCUT2D eigenvalue weighted by molar-refractivity contribution is -0.139. The number of ether oxygens (including phenoxy) is 1. The van der Waals surface area contributed by atoms with Crippen molar-refractivity contribution in [3.63, 3.8) is 0 Å². The molecule has 0 aliphatic carbocycles. The number of carbonyl (C=O) groups is 1. The van der Waals surface area contributed by atoms with Gasteiger partial charge in [0.2, 0.25) is 0 Å². The Hall–Kier alpha value is -2.33. The van der Waals surface area contributed by atoms with E-state index in [4.69, 9.17) is 21.3 Å². The molecule has 1 aromatic carbocycles. The van der Waals surface area contributed by atoms with Crippen LogP contribution in [0.1, 0.15) is 23.5 Å². The van der Waals surface area contributed by atoms with E-state index in [0.29, 0.717) is 47.3 Å². The molecule has 1 saturated heterocycles. The second-order valence-electron chi connectivity index (χ2n) is 6.97. The Labute approximate surface area is 181 Å². The number of amidine groups is 1. The predicted molar refractivity (Wildman–Crippen MR) is 112 cm³/mol. The third-order valence-corrected chi connectivity index (χ3v) is 5.94. The van der Waals surface area contributed by atoms with Gasteiger partial charge in [-0.15, -0.1) is 11.3 Å². The van der Waals surface area contributed by atoms with Crippen molar-refractivity contribution in [2.75, 3.05) is 26.2 Å². The van der Waals surface area contributed by atoms with Crippen molar-refractivity contribution in [1.82, 2.24) is 15.2 Å². The van der Waals surface area contributed by atoms with Gasteiger partial charge in [-0.05, 0) is 19.1 Å². The van der Waals surface area contributed by atoms with Crippen LogP contribution in [0, 0.1) is 5.82 Å². The molecule has 2 N–H and O–H groups in total. The fourth-order valence-corrected chi connectivity index (χ4v) is 4.32. The largest absolute Gasteiger partial charge is 0.463 e. The molecule has 0 radical (unpaired) electrons. The van der Waals surface area contributed by atoms with Gasteiger partial charge in [0.15, 0.2) is 10.8 Å². The second-order valence-corrected chi connectivity index (χ2v) is 8.27. The number of likely N-dealkylation sites (tertiary alicyclic amines) is 1. The Kier molecular flexibility index (Phi) is 6.14. The number of esters is 1. The van der Waals surface area contributed by atoms with E-state index in [-0.39, 0.29) is 17.7 Å². The van der Waals surface area contributed by atoms with E-state index < -0.39 is 17.8 Å². The third-order valence-electron chi connectivity index (χ3n) is 4.83. The molecule has 10 heteroatoms. The standard InChI is InChI=1S/C20H20ClFN4O3S/c1-2-29-20(28)16-15(10-26-8-12(27)9-26)24-18(19-23-5-6-30-19)25-17(16)13-4-3-11(22)7-14(13)21/h3-7,12,17,27H,2,8-10H2,1H3,(H,24,25). The van der Waals surface area contributed by atoms with Crippen LogP contribution in [0.25, 0.3) is 0 Å². The number of aliphatic hydroxyl groups excluding tert-OH is 1. The summed E-state index contributed by atoms with van der Waals surface area (Å²) in [5.41, 5.74) is 1.41. The number of hydrogen-bond acceptors (Lipinski definition) is 8. The minimum Gasteiger partial charge on any atom is -0.463 e. The van der Waals surface area contributed by atoms with Gasteiger partial charge in [0, 0.05) is 47.5 Å². The third kappa shape index (κ3) is 4.24. The predicted octanol–water partition coefficient (Wildman–Crippen LogP) is 2.52. The highest BCUT2D eigenvalue weighted by Gasteiger charge is 2.36. The summed E-state index contributed by atoms with van der Waals surface area (Å²) in [5, 5.41) is 15.5. The van der Waals surface area contributed by atoms with Crippen molar-refractivity contribution in [1.29, 1.82) is 0 Å². The lowest BCUT2D eigenvalue weighted by atomic mass is 9.94. The van der Waals surface area contributed by atoms with Crippen LogP contribution in [0.5, 0.6) is 0 Å². The number of benzene rings is 1. The highest BCUT2D eigenvalue weighted by Crippen LogP contribution is 2.37. The Bertz CT molecular complexity index is 1010. The van der Waals surface area contributed by atoms with Crippen LogP contribution in [0.2, 0.25) is 5.02 Å². The number of nitrogens with one attached hydrogen (secondary N) is 1. The molecule has 0 spiro atoms. The second kappa shape index (κ2) is 8.81. The van der Waals surface area contributed by atoms with Gasteiger partial charge in [0.25, 0.3) is 0 Å². The van der Waals surface area contributed by atoms with E-state index in [1.54, 1.807) is 13.1 Å². The Morgan fingerprint density at radius 1 is 1.47 bits per heavy atom. The van der Waals surface area contributed by atoms with Crippen LogP contribution in [0.15, 0.2) is 46.0 Å². The van der Waals surface area contributed by atoms with Crippen LogP contribution in [-0.2, 0) is 9.53 Å². The zero-order valence-corrected chi connectivity index (χ0v) is 17.7. The molecule has 0 amide bonds. The number of halogens is 2. The van der Waals surface area contributed by atoms with E-state index in [1.807, 2.05) is 10.3 Å². The summed E-state index contributed by atoms with van der Waals surface area (Å²) in [4.78, 5) is 23.9. The maximum absolute atomic E-state index is 13.7.